The second-order valence-corrected chi connectivity index (χ2v) is 5.13. The number of ether oxygens (including phenoxy) is 1. The first kappa shape index (κ1) is 15.5. The van der Waals surface area contributed by atoms with Crippen molar-refractivity contribution in [3.05, 3.63) is 11.8 Å². The van der Waals surface area contributed by atoms with E-state index in [1.165, 1.54) is 4.90 Å². The molecule has 2 heterocycles. The third-order valence-corrected chi connectivity index (χ3v) is 3.30. The van der Waals surface area contributed by atoms with Gasteiger partial charge in [0.05, 0.1) is 12.6 Å². The van der Waals surface area contributed by atoms with Gasteiger partial charge in [0.1, 0.15) is 11.9 Å². The van der Waals surface area contributed by atoms with Gasteiger partial charge in [-0.15, -0.1) is 0 Å². The van der Waals surface area contributed by atoms with E-state index in [4.69, 9.17) is 15.0 Å². The van der Waals surface area contributed by atoms with Gasteiger partial charge >= 0.3 is 0 Å². The SMILES string of the molecule is Cc1cc(NC(=O)CN(C)C(=O)C2CCC(CN)O2)no1. The Kier molecular flexibility index (Phi) is 4.92. The Morgan fingerprint density at radius 2 is 2.29 bits per heavy atom. The maximum absolute atomic E-state index is 12.1. The highest BCUT2D eigenvalue weighted by atomic mass is 16.5. The largest absolute Gasteiger partial charge is 0.364 e. The number of nitrogens with two attached hydrogens (primary N) is 1. The van der Waals surface area contributed by atoms with Crippen LogP contribution < -0.4 is 11.1 Å². The fourth-order valence-corrected chi connectivity index (χ4v) is 2.21. The van der Waals surface area contributed by atoms with Gasteiger partial charge in [-0.05, 0) is 19.8 Å². The molecule has 1 saturated heterocycles. The predicted octanol–water partition coefficient (Wildman–Crippen LogP) is -0.114. The second kappa shape index (κ2) is 6.68. The lowest BCUT2D eigenvalue weighted by Gasteiger charge is -2.20. The van der Waals surface area contributed by atoms with Crippen molar-refractivity contribution in [1.29, 1.82) is 0 Å². The highest BCUT2D eigenvalue weighted by Crippen LogP contribution is 2.20. The average Bonchev–Trinajstić information content (AvgIpc) is 3.06. The lowest BCUT2D eigenvalue weighted by Crippen LogP contribution is -2.41. The molecule has 0 aliphatic carbocycles. The summed E-state index contributed by atoms with van der Waals surface area (Å²) in [4.78, 5) is 25.3. The fourth-order valence-electron chi connectivity index (χ4n) is 2.21. The van der Waals surface area contributed by atoms with E-state index in [-0.39, 0.29) is 24.5 Å². The monoisotopic (exact) mass is 296 g/mol. The quantitative estimate of drug-likeness (QED) is 0.784. The molecule has 0 bridgehead atoms. The van der Waals surface area contributed by atoms with E-state index in [1.807, 2.05) is 0 Å². The molecule has 1 aliphatic rings. The fraction of sp³-hybridized carbons (Fsp3) is 0.615. The van der Waals surface area contributed by atoms with E-state index in [0.717, 1.165) is 6.42 Å². The van der Waals surface area contributed by atoms with E-state index in [2.05, 4.69) is 10.5 Å². The molecule has 0 radical (unpaired) electrons. The molecule has 116 valence electrons. The topological polar surface area (TPSA) is 111 Å². The lowest BCUT2D eigenvalue weighted by atomic mass is 10.2. The number of aromatic nitrogens is 1. The number of rotatable bonds is 5. The molecule has 21 heavy (non-hydrogen) atoms. The Bertz CT molecular complexity index is 516. The minimum absolute atomic E-state index is 0.0701. The number of anilines is 1. The van der Waals surface area contributed by atoms with Gasteiger partial charge in [0, 0.05) is 19.7 Å². The van der Waals surface area contributed by atoms with E-state index in [9.17, 15) is 9.59 Å². The van der Waals surface area contributed by atoms with Crippen LogP contribution in [0.1, 0.15) is 18.6 Å². The summed E-state index contributed by atoms with van der Waals surface area (Å²) in [5, 5.41) is 6.22. The minimum Gasteiger partial charge on any atom is -0.364 e. The molecule has 8 heteroatoms. The molecule has 0 saturated carbocycles. The third-order valence-electron chi connectivity index (χ3n) is 3.30. The van der Waals surface area contributed by atoms with Crippen molar-refractivity contribution in [2.45, 2.75) is 32.0 Å². The van der Waals surface area contributed by atoms with Crippen molar-refractivity contribution >= 4 is 17.6 Å². The summed E-state index contributed by atoms with van der Waals surface area (Å²) >= 11 is 0. The number of nitrogens with one attached hydrogen (secondary N) is 1. The van der Waals surface area contributed by atoms with E-state index < -0.39 is 6.10 Å². The van der Waals surface area contributed by atoms with Crippen LogP contribution in [0.4, 0.5) is 5.82 Å². The van der Waals surface area contributed by atoms with Crippen molar-refractivity contribution in [3.8, 4) is 0 Å². The van der Waals surface area contributed by atoms with Gasteiger partial charge < -0.3 is 25.2 Å². The Balaban J connectivity index is 1.81. The van der Waals surface area contributed by atoms with E-state index in [0.29, 0.717) is 24.5 Å². The third kappa shape index (κ3) is 4.02. The zero-order chi connectivity index (χ0) is 15.4. The molecular weight excluding hydrogens is 276 g/mol. The van der Waals surface area contributed by atoms with E-state index >= 15 is 0 Å². The summed E-state index contributed by atoms with van der Waals surface area (Å²) in [5.41, 5.74) is 5.51. The molecule has 8 nitrogen and oxygen atoms in total. The summed E-state index contributed by atoms with van der Waals surface area (Å²) in [6.07, 6.45) is 0.824. The molecular formula is C13H20N4O4. The van der Waals surface area contributed by atoms with Crippen LogP contribution >= 0.6 is 0 Å². The van der Waals surface area contributed by atoms with Gasteiger partial charge in [0.15, 0.2) is 5.82 Å². The molecule has 2 rings (SSSR count). The molecule has 2 atom stereocenters. The highest BCUT2D eigenvalue weighted by Gasteiger charge is 2.32. The first-order valence-corrected chi connectivity index (χ1v) is 6.83. The van der Waals surface area contributed by atoms with Crippen LogP contribution in [0.25, 0.3) is 0 Å². The zero-order valence-electron chi connectivity index (χ0n) is 12.2. The van der Waals surface area contributed by atoms with Crippen molar-refractivity contribution in [2.24, 2.45) is 5.73 Å². The van der Waals surface area contributed by atoms with Gasteiger partial charge in [-0.1, -0.05) is 5.16 Å². The Morgan fingerprint density at radius 3 is 2.86 bits per heavy atom. The number of aryl methyl sites for hydroxylation is 1. The van der Waals surface area contributed by atoms with Gasteiger partial charge in [-0.25, -0.2) is 0 Å². The summed E-state index contributed by atoms with van der Waals surface area (Å²) in [6.45, 7) is 2.06. The Hall–Kier alpha value is -1.93. The molecule has 0 spiro atoms. The van der Waals surface area contributed by atoms with Gasteiger partial charge in [-0.3, -0.25) is 9.59 Å². The van der Waals surface area contributed by atoms with Gasteiger partial charge in [0.25, 0.3) is 5.91 Å². The first-order valence-electron chi connectivity index (χ1n) is 6.83. The lowest BCUT2D eigenvalue weighted by molar-refractivity contribution is -0.143. The van der Waals surface area contributed by atoms with Crippen LogP contribution in [0.3, 0.4) is 0 Å². The zero-order valence-corrected chi connectivity index (χ0v) is 12.2. The smallest absolute Gasteiger partial charge is 0.251 e. The number of hydrogen-bond donors (Lipinski definition) is 2. The number of likely N-dealkylation sites (N-methyl/N-ethyl adjacent to an activating group) is 1. The predicted molar refractivity (Wildman–Crippen MR) is 74.5 cm³/mol. The summed E-state index contributed by atoms with van der Waals surface area (Å²) in [5.74, 6) is 0.380. The maximum Gasteiger partial charge on any atom is 0.251 e. The van der Waals surface area contributed by atoms with Crippen LogP contribution in [0.2, 0.25) is 0 Å². The molecule has 2 unspecified atom stereocenters. The molecule has 3 N–H and O–H groups in total. The molecule has 1 aromatic rings. The van der Waals surface area contributed by atoms with Crippen molar-refractivity contribution in [2.75, 3.05) is 25.5 Å². The van der Waals surface area contributed by atoms with Crippen LogP contribution in [0.15, 0.2) is 10.6 Å². The summed E-state index contributed by atoms with van der Waals surface area (Å²) in [6, 6.07) is 1.60. The van der Waals surface area contributed by atoms with Crippen LogP contribution in [-0.4, -0.2) is 54.2 Å². The Labute approximate surface area is 122 Å². The normalized spacial score (nSPS) is 21.3. The summed E-state index contributed by atoms with van der Waals surface area (Å²) < 4.78 is 10.4. The number of hydrogen-bond acceptors (Lipinski definition) is 6. The molecule has 1 aromatic heterocycles. The van der Waals surface area contributed by atoms with Crippen molar-refractivity contribution in [1.82, 2.24) is 10.1 Å². The van der Waals surface area contributed by atoms with Gasteiger partial charge in [-0.2, -0.15) is 0 Å². The number of nitrogens with zero attached hydrogens (tertiary/aromatic N) is 2. The molecule has 1 aliphatic heterocycles. The average molecular weight is 296 g/mol. The second-order valence-electron chi connectivity index (χ2n) is 5.13. The highest BCUT2D eigenvalue weighted by molar-refractivity contribution is 5.94. The molecule has 2 amide bonds. The number of carbonyl (C=O) groups is 2. The van der Waals surface area contributed by atoms with Crippen LogP contribution in [0, 0.1) is 6.92 Å². The van der Waals surface area contributed by atoms with Gasteiger partial charge in [0.2, 0.25) is 5.91 Å². The van der Waals surface area contributed by atoms with Crippen LogP contribution in [-0.2, 0) is 14.3 Å². The van der Waals surface area contributed by atoms with E-state index in [1.54, 1.807) is 20.0 Å². The molecule has 0 aromatic carbocycles. The van der Waals surface area contributed by atoms with Crippen molar-refractivity contribution in [3.63, 3.8) is 0 Å². The number of carbonyl (C=O) groups excluding carboxylic acids is 2. The maximum atomic E-state index is 12.1. The standard InChI is InChI=1S/C13H20N4O4/c1-8-5-11(16-21-8)15-12(18)7-17(2)13(19)10-4-3-9(6-14)20-10/h5,9-10H,3-4,6-7,14H2,1-2H3,(H,15,16,18). The molecule has 1 fully saturated rings. The summed E-state index contributed by atoms with van der Waals surface area (Å²) in [7, 11) is 1.56. The minimum atomic E-state index is -0.509. The number of amides is 2. The Morgan fingerprint density at radius 1 is 1.52 bits per heavy atom. The van der Waals surface area contributed by atoms with Crippen molar-refractivity contribution < 1.29 is 18.8 Å². The van der Waals surface area contributed by atoms with Crippen LogP contribution in [0.5, 0.6) is 0 Å². The first-order chi connectivity index (χ1) is 9.99.